The minimum Gasteiger partial charge on any atom is -0.305 e. The van der Waals surface area contributed by atoms with E-state index in [4.69, 9.17) is 4.98 Å². The standard InChI is InChI=1S/C24H18N.C23H26NSi.Ir/c1-3-9-19(10-4-1)17-22-18-21(24-13-7-8-16-25-24)14-15-23(22)20-11-5-2-6-12-20;1-17(2)21-15-22(24-16-23(21)25(3,4)5)20-13-9-12-19(14-20)18-10-7-6-8-11-18;/h1-13,15-16,18H,17H2;6-12,14-17H,1-5H3;/q2*-1;. The summed E-state index contributed by atoms with van der Waals surface area (Å²) in [4.78, 5) is 9.26. The van der Waals surface area contributed by atoms with Crippen LogP contribution in [0.5, 0.6) is 0 Å². The third-order valence-electron chi connectivity index (χ3n) is 8.85. The molecule has 2 heterocycles. The smallest absolute Gasteiger partial charge is 0.0799 e. The van der Waals surface area contributed by atoms with Crippen LogP contribution < -0.4 is 5.19 Å². The molecule has 4 heteroatoms. The number of rotatable bonds is 8. The number of hydrogen-bond donors (Lipinski definition) is 0. The van der Waals surface area contributed by atoms with Gasteiger partial charge < -0.3 is 9.97 Å². The number of benzene rings is 5. The summed E-state index contributed by atoms with van der Waals surface area (Å²) in [5.74, 6) is 0.501. The quantitative estimate of drug-likeness (QED) is 0.112. The van der Waals surface area contributed by atoms with Crippen LogP contribution in [0.1, 0.15) is 36.5 Å². The molecule has 0 atom stereocenters. The van der Waals surface area contributed by atoms with Crippen LogP contribution in [-0.4, -0.2) is 18.0 Å². The van der Waals surface area contributed by atoms with E-state index in [-0.39, 0.29) is 20.1 Å². The van der Waals surface area contributed by atoms with Crippen LogP contribution in [0.3, 0.4) is 0 Å². The van der Waals surface area contributed by atoms with Crippen molar-refractivity contribution in [3.8, 4) is 44.8 Å². The molecule has 0 aliphatic heterocycles. The van der Waals surface area contributed by atoms with Crippen LogP contribution in [0.4, 0.5) is 0 Å². The van der Waals surface area contributed by atoms with Gasteiger partial charge in [-0.25, -0.2) is 0 Å². The van der Waals surface area contributed by atoms with Crippen molar-refractivity contribution in [2.24, 2.45) is 0 Å². The first-order chi connectivity index (χ1) is 24.3. The van der Waals surface area contributed by atoms with Crippen LogP contribution in [0, 0.1) is 12.1 Å². The van der Waals surface area contributed by atoms with Crippen molar-refractivity contribution in [3.05, 3.63) is 187 Å². The van der Waals surface area contributed by atoms with Crippen molar-refractivity contribution in [2.75, 3.05) is 0 Å². The Labute approximate surface area is 319 Å². The Kier molecular flexibility index (Phi) is 12.8. The van der Waals surface area contributed by atoms with Gasteiger partial charge in [0.1, 0.15) is 0 Å². The Hall–Kier alpha value is -4.73. The van der Waals surface area contributed by atoms with Crippen LogP contribution in [0.15, 0.2) is 158 Å². The molecule has 0 fully saturated rings. The molecule has 7 aromatic rings. The minimum absolute atomic E-state index is 0. The van der Waals surface area contributed by atoms with E-state index in [0.29, 0.717) is 5.92 Å². The summed E-state index contributed by atoms with van der Waals surface area (Å²) in [5, 5.41) is 1.46. The van der Waals surface area contributed by atoms with Crippen molar-refractivity contribution in [1.29, 1.82) is 0 Å². The summed E-state index contributed by atoms with van der Waals surface area (Å²) >= 11 is 0. The third-order valence-corrected chi connectivity index (χ3v) is 10.9. The van der Waals surface area contributed by atoms with Gasteiger partial charge in [0.15, 0.2) is 0 Å². The van der Waals surface area contributed by atoms with Gasteiger partial charge in [0.25, 0.3) is 0 Å². The largest absolute Gasteiger partial charge is 0.305 e. The molecule has 257 valence electrons. The molecule has 51 heavy (non-hydrogen) atoms. The fraction of sp³-hybridized carbons (Fsp3) is 0.149. The van der Waals surface area contributed by atoms with E-state index < -0.39 is 8.07 Å². The molecular formula is C47H44IrN2Si-2. The van der Waals surface area contributed by atoms with Gasteiger partial charge in [-0.1, -0.05) is 159 Å². The number of aromatic nitrogens is 2. The van der Waals surface area contributed by atoms with Crippen LogP contribution in [0.2, 0.25) is 19.6 Å². The molecule has 0 aliphatic rings. The zero-order valence-electron chi connectivity index (χ0n) is 30.0. The third kappa shape index (κ3) is 9.74. The Bertz CT molecular complexity index is 2130. The van der Waals surface area contributed by atoms with Crippen LogP contribution in [-0.2, 0) is 26.5 Å². The Morgan fingerprint density at radius 1 is 0.608 bits per heavy atom. The second-order valence-corrected chi connectivity index (χ2v) is 19.0. The van der Waals surface area contributed by atoms with E-state index >= 15 is 0 Å². The molecule has 0 aliphatic carbocycles. The van der Waals surface area contributed by atoms with E-state index in [9.17, 15) is 0 Å². The van der Waals surface area contributed by atoms with Crippen molar-refractivity contribution in [2.45, 2.75) is 45.8 Å². The van der Waals surface area contributed by atoms with Gasteiger partial charge in [-0.2, -0.15) is 0 Å². The van der Waals surface area contributed by atoms with Gasteiger partial charge in [-0.15, -0.1) is 64.7 Å². The van der Waals surface area contributed by atoms with Crippen molar-refractivity contribution in [1.82, 2.24) is 9.97 Å². The zero-order valence-corrected chi connectivity index (χ0v) is 33.4. The van der Waals surface area contributed by atoms with Gasteiger partial charge >= 0.3 is 0 Å². The first kappa shape index (κ1) is 37.5. The van der Waals surface area contributed by atoms with E-state index in [1.807, 2.05) is 42.6 Å². The maximum absolute atomic E-state index is 4.80. The van der Waals surface area contributed by atoms with Gasteiger partial charge in [-0.05, 0) is 46.1 Å². The average Bonchev–Trinajstić information content (AvgIpc) is 3.16. The summed E-state index contributed by atoms with van der Waals surface area (Å²) in [6.45, 7) is 11.7. The molecule has 0 saturated carbocycles. The molecule has 2 aromatic heterocycles. The van der Waals surface area contributed by atoms with Gasteiger partial charge in [0.05, 0.1) is 8.07 Å². The normalized spacial score (nSPS) is 10.9. The van der Waals surface area contributed by atoms with Crippen molar-refractivity contribution >= 4 is 13.3 Å². The molecule has 0 N–H and O–H groups in total. The van der Waals surface area contributed by atoms with E-state index in [2.05, 4.69) is 166 Å². The number of nitrogens with zero attached hydrogens (tertiary/aromatic N) is 2. The molecule has 0 saturated heterocycles. The van der Waals surface area contributed by atoms with Crippen molar-refractivity contribution in [3.63, 3.8) is 0 Å². The molecule has 0 amide bonds. The van der Waals surface area contributed by atoms with E-state index in [1.54, 1.807) is 0 Å². The topological polar surface area (TPSA) is 25.8 Å². The molecule has 0 spiro atoms. The summed E-state index contributed by atoms with van der Waals surface area (Å²) in [5.41, 5.74) is 13.0. The molecule has 2 nitrogen and oxygen atoms in total. The minimum atomic E-state index is -1.40. The van der Waals surface area contributed by atoms with Gasteiger partial charge in [0, 0.05) is 32.5 Å². The number of pyridine rings is 2. The molecule has 1 radical (unpaired) electrons. The molecule has 5 aromatic carbocycles. The Morgan fingerprint density at radius 2 is 1.24 bits per heavy atom. The van der Waals surface area contributed by atoms with Crippen molar-refractivity contribution < 1.29 is 20.1 Å². The van der Waals surface area contributed by atoms with Crippen LogP contribution >= 0.6 is 0 Å². The predicted molar refractivity (Wildman–Crippen MR) is 214 cm³/mol. The Balaban J connectivity index is 0.000000194. The zero-order chi connectivity index (χ0) is 34.9. The second kappa shape index (κ2) is 17.5. The van der Waals surface area contributed by atoms with E-state index in [0.717, 1.165) is 28.9 Å². The summed E-state index contributed by atoms with van der Waals surface area (Å²) in [6, 6.07) is 57.2. The fourth-order valence-electron chi connectivity index (χ4n) is 6.20. The second-order valence-electron chi connectivity index (χ2n) is 13.9. The summed E-state index contributed by atoms with van der Waals surface area (Å²) < 4.78 is 0. The fourth-order valence-corrected chi connectivity index (χ4v) is 7.88. The number of hydrogen-bond acceptors (Lipinski definition) is 2. The maximum Gasteiger partial charge on any atom is 0.0799 e. The van der Waals surface area contributed by atoms with Gasteiger partial charge in [-0.3, -0.25) is 0 Å². The SMILES string of the molecule is CC(C)c1cc(-c2[c-]ccc(-c3ccccc3)c2)ncc1[Si](C)(C)C.[Ir].[c-]1cc(-c2ccccc2)c(Cc2ccccc2)cc1-c1ccccn1. The predicted octanol–water partition coefficient (Wildman–Crippen LogP) is 11.7. The monoisotopic (exact) mass is 857 g/mol. The van der Waals surface area contributed by atoms with E-state index in [1.165, 1.54) is 44.1 Å². The molecular weight excluding hydrogens is 813 g/mol. The van der Waals surface area contributed by atoms with Crippen LogP contribution in [0.25, 0.3) is 44.8 Å². The molecule has 7 rings (SSSR count). The average molecular weight is 857 g/mol. The summed E-state index contributed by atoms with van der Waals surface area (Å²) in [7, 11) is -1.40. The Morgan fingerprint density at radius 3 is 1.86 bits per heavy atom. The molecule has 0 unspecified atom stereocenters. The van der Waals surface area contributed by atoms with Gasteiger partial charge in [0.2, 0.25) is 0 Å². The molecule has 0 bridgehead atoms. The first-order valence-electron chi connectivity index (χ1n) is 17.4. The summed E-state index contributed by atoms with van der Waals surface area (Å²) in [6.07, 6.45) is 4.82. The maximum atomic E-state index is 4.80. The first-order valence-corrected chi connectivity index (χ1v) is 20.9.